The Hall–Kier alpha value is -2.61. The van der Waals surface area contributed by atoms with E-state index in [9.17, 15) is 14.4 Å². The molecule has 25 heavy (non-hydrogen) atoms. The van der Waals surface area contributed by atoms with E-state index in [1.165, 1.54) is 4.57 Å². The topological polar surface area (TPSA) is 93.1 Å². The lowest BCUT2D eigenvalue weighted by Gasteiger charge is -2.15. The molecule has 2 N–H and O–H groups in total. The molecule has 0 radical (unpaired) electrons. The smallest absolute Gasteiger partial charge is 0.321 e. The molecule has 0 aliphatic rings. The molecular weight excluding hydrogens is 340 g/mol. The van der Waals surface area contributed by atoms with Crippen molar-refractivity contribution in [3.63, 3.8) is 0 Å². The number of rotatable bonds is 6. The number of imide groups is 1. The summed E-state index contributed by atoms with van der Waals surface area (Å²) < 4.78 is 1.47. The molecular formula is C17H20N4O3S. The number of nitrogens with zero attached hydrogens (tertiary/aromatic N) is 2. The standard InChI is InChI=1S/C17H20N4O3S/c1-4-10-21-15(23)12-8-6-7-9-13(12)19-17(21)25-11(3)14(22)20-16(24)18-5-2/h4,6-9,11H,1,5,10H2,2-3H3,(H2,18,20,22,24)/t11-/m0/s1. The predicted octanol–water partition coefficient (Wildman–Crippen LogP) is 1.91. The highest BCUT2D eigenvalue weighted by molar-refractivity contribution is 8.00. The Labute approximate surface area is 149 Å². The summed E-state index contributed by atoms with van der Waals surface area (Å²) >= 11 is 1.12. The number of para-hydroxylation sites is 1. The molecule has 0 unspecified atom stereocenters. The minimum Gasteiger partial charge on any atom is -0.338 e. The van der Waals surface area contributed by atoms with Gasteiger partial charge in [-0.15, -0.1) is 6.58 Å². The van der Waals surface area contributed by atoms with Crippen LogP contribution in [0.15, 0.2) is 46.9 Å². The van der Waals surface area contributed by atoms with Crippen molar-refractivity contribution in [1.29, 1.82) is 0 Å². The van der Waals surface area contributed by atoms with E-state index >= 15 is 0 Å². The molecule has 8 heteroatoms. The summed E-state index contributed by atoms with van der Waals surface area (Å²) in [5.74, 6) is -0.455. The third-order valence-electron chi connectivity index (χ3n) is 3.36. The highest BCUT2D eigenvalue weighted by Gasteiger charge is 2.20. The first kappa shape index (κ1) is 18.7. The maximum Gasteiger partial charge on any atom is 0.321 e. The van der Waals surface area contributed by atoms with Gasteiger partial charge in [-0.3, -0.25) is 19.5 Å². The number of nitrogens with one attached hydrogen (secondary N) is 2. The van der Waals surface area contributed by atoms with E-state index in [4.69, 9.17) is 0 Å². The van der Waals surface area contributed by atoms with Gasteiger partial charge < -0.3 is 5.32 Å². The fourth-order valence-electron chi connectivity index (χ4n) is 2.16. The largest absolute Gasteiger partial charge is 0.338 e. The van der Waals surface area contributed by atoms with E-state index in [-0.39, 0.29) is 12.1 Å². The van der Waals surface area contributed by atoms with E-state index < -0.39 is 17.2 Å². The molecule has 7 nitrogen and oxygen atoms in total. The maximum absolute atomic E-state index is 12.7. The lowest BCUT2D eigenvalue weighted by Crippen LogP contribution is -2.42. The second-order valence-corrected chi connectivity index (χ2v) is 6.53. The summed E-state index contributed by atoms with van der Waals surface area (Å²) in [7, 11) is 0. The molecule has 0 aliphatic heterocycles. The lowest BCUT2D eigenvalue weighted by molar-refractivity contribution is -0.119. The monoisotopic (exact) mass is 360 g/mol. The van der Waals surface area contributed by atoms with Crippen molar-refractivity contribution in [2.45, 2.75) is 30.8 Å². The van der Waals surface area contributed by atoms with Gasteiger partial charge in [-0.1, -0.05) is 30.0 Å². The minimum absolute atomic E-state index is 0.190. The highest BCUT2D eigenvalue weighted by Crippen LogP contribution is 2.22. The van der Waals surface area contributed by atoms with Gasteiger partial charge in [0.15, 0.2) is 5.16 Å². The minimum atomic E-state index is -0.605. The van der Waals surface area contributed by atoms with Crippen LogP contribution in [0.25, 0.3) is 10.9 Å². The van der Waals surface area contributed by atoms with Gasteiger partial charge in [0.1, 0.15) is 0 Å². The van der Waals surface area contributed by atoms with Crippen molar-refractivity contribution in [2.75, 3.05) is 6.54 Å². The van der Waals surface area contributed by atoms with Crippen LogP contribution in [0, 0.1) is 0 Å². The van der Waals surface area contributed by atoms with Gasteiger partial charge in [0, 0.05) is 13.1 Å². The van der Waals surface area contributed by atoms with Crippen LogP contribution in [0.2, 0.25) is 0 Å². The van der Waals surface area contributed by atoms with E-state index in [0.717, 1.165) is 11.8 Å². The molecule has 1 heterocycles. The lowest BCUT2D eigenvalue weighted by atomic mass is 10.2. The molecule has 2 aromatic rings. The fourth-order valence-corrected chi connectivity index (χ4v) is 3.08. The zero-order chi connectivity index (χ0) is 18.4. The van der Waals surface area contributed by atoms with Gasteiger partial charge >= 0.3 is 6.03 Å². The predicted molar refractivity (Wildman–Crippen MR) is 98.7 cm³/mol. The first-order valence-corrected chi connectivity index (χ1v) is 8.71. The molecule has 0 bridgehead atoms. The number of hydrogen-bond donors (Lipinski definition) is 2. The number of thioether (sulfide) groups is 1. The van der Waals surface area contributed by atoms with Crippen LogP contribution in [0.1, 0.15) is 13.8 Å². The molecule has 2 rings (SSSR count). The van der Waals surface area contributed by atoms with E-state index in [1.807, 2.05) is 0 Å². The second kappa shape index (κ2) is 8.48. The molecule has 3 amide bonds. The van der Waals surface area contributed by atoms with Crippen LogP contribution < -0.4 is 16.2 Å². The van der Waals surface area contributed by atoms with Gasteiger partial charge in [-0.25, -0.2) is 9.78 Å². The summed E-state index contributed by atoms with van der Waals surface area (Å²) in [6.07, 6.45) is 1.60. The van der Waals surface area contributed by atoms with Gasteiger partial charge in [-0.05, 0) is 26.0 Å². The molecule has 1 atom stereocenters. The Balaban J connectivity index is 2.31. The summed E-state index contributed by atoms with van der Waals surface area (Å²) in [5.41, 5.74) is 0.371. The second-order valence-electron chi connectivity index (χ2n) is 5.22. The van der Waals surface area contributed by atoms with E-state index in [0.29, 0.717) is 22.6 Å². The fraction of sp³-hybridized carbons (Fsp3) is 0.294. The number of aromatic nitrogens is 2. The van der Waals surface area contributed by atoms with Crippen LogP contribution in [0.4, 0.5) is 4.79 Å². The highest BCUT2D eigenvalue weighted by atomic mass is 32.2. The first-order valence-electron chi connectivity index (χ1n) is 7.83. The van der Waals surface area contributed by atoms with Crippen molar-refractivity contribution in [1.82, 2.24) is 20.2 Å². The van der Waals surface area contributed by atoms with Crippen LogP contribution >= 0.6 is 11.8 Å². The van der Waals surface area contributed by atoms with Crippen molar-refractivity contribution >= 4 is 34.6 Å². The van der Waals surface area contributed by atoms with Crippen LogP contribution in [-0.4, -0.2) is 33.3 Å². The van der Waals surface area contributed by atoms with Crippen LogP contribution in [0.3, 0.4) is 0 Å². The van der Waals surface area contributed by atoms with Gasteiger partial charge in [0.05, 0.1) is 16.2 Å². The third-order valence-corrected chi connectivity index (χ3v) is 4.45. The number of fused-ring (bicyclic) bond motifs is 1. The van der Waals surface area contributed by atoms with Crippen LogP contribution in [0.5, 0.6) is 0 Å². The van der Waals surface area contributed by atoms with Crippen LogP contribution in [-0.2, 0) is 11.3 Å². The molecule has 0 saturated heterocycles. The number of carbonyl (C=O) groups is 2. The van der Waals surface area contributed by atoms with Crippen molar-refractivity contribution < 1.29 is 9.59 Å². The van der Waals surface area contributed by atoms with Crippen molar-refractivity contribution in [2.24, 2.45) is 0 Å². The van der Waals surface area contributed by atoms with Gasteiger partial charge in [0.2, 0.25) is 5.91 Å². The van der Waals surface area contributed by atoms with Gasteiger partial charge in [-0.2, -0.15) is 0 Å². The maximum atomic E-state index is 12.7. The first-order chi connectivity index (χ1) is 12.0. The molecule has 1 aromatic carbocycles. The Bertz CT molecular complexity index is 863. The Morgan fingerprint density at radius 1 is 1.40 bits per heavy atom. The molecule has 0 fully saturated rings. The summed E-state index contributed by atoms with van der Waals surface area (Å²) in [6.45, 7) is 7.78. The average Bonchev–Trinajstić information content (AvgIpc) is 2.58. The average molecular weight is 360 g/mol. The van der Waals surface area contributed by atoms with Crippen molar-refractivity contribution in [3.8, 4) is 0 Å². The number of allylic oxidation sites excluding steroid dienone is 1. The summed E-state index contributed by atoms with van der Waals surface area (Å²) in [4.78, 5) is 40.7. The molecule has 1 aromatic heterocycles. The summed E-state index contributed by atoms with van der Waals surface area (Å²) in [6, 6.07) is 6.49. The number of hydrogen-bond acceptors (Lipinski definition) is 5. The molecule has 0 aliphatic carbocycles. The normalized spacial score (nSPS) is 11.8. The molecule has 132 valence electrons. The number of urea groups is 1. The third kappa shape index (κ3) is 4.48. The van der Waals surface area contributed by atoms with Crippen molar-refractivity contribution in [3.05, 3.63) is 47.3 Å². The number of benzene rings is 1. The SMILES string of the molecule is C=CCn1c(S[C@@H](C)C(=O)NC(=O)NCC)nc2ccccc2c1=O. The quantitative estimate of drug-likeness (QED) is 0.466. The zero-order valence-corrected chi connectivity index (χ0v) is 14.9. The Morgan fingerprint density at radius 3 is 2.80 bits per heavy atom. The Morgan fingerprint density at radius 2 is 2.12 bits per heavy atom. The molecule has 0 saturated carbocycles. The zero-order valence-electron chi connectivity index (χ0n) is 14.1. The van der Waals surface area contributed by atoms with Gasteiger partial charge in [0.25, 0.3) is 5.56 Å². The number of carbonyl (C=O) groups excluding carboxylic acids is 2. The Kier molecular flexibility index (Phi) is 6.35. The van der Waals surface area contributed by atoms with E-state index in [2.05, 4.69) is 22.2 Å². The molecule has 0 spiro atoms. The summed E-state index contributed by atoms with van der Waals surface area (Å²) in [5, 5.41) is 5.06. The van der Waals surface area contributed by atoms with E-state index in [1.54, 1.807) is 44.2 Å². The number of amides is 3.